The molecule has 2 aliphatic rings. The molecule has 2 fully saturated rings. The topological polar surface area (TPSA) is 45.4 Å². The number of rotatable bonds is 1. The molecular weight excluding hydrogens is 260 g/mol. The lowest BCUT2D eigenvalue weighted by molar-refractivity contribution is 0.254. The van der Waals surface area contributed by atoms with Crippen LogP contribution in [-0.4, -0.2) is 42.1 Å². The van der Waals surface area contributed by atoms with Crippen molar-refractivity contribution in [1.29, 1.82) is 0 Å². The highest BCUT2D eigenvalue weighted by Gasteiger charge is 2.35. The molecule has 1 aromatic heterocycles. The van der Waals surface area contributed by atoms with Crippen LogP contribution < -0.4 is 10.6 Å². The Kier molecular flexibility index (Phi) is 3.00. The molecule has 0 radical (unpaired) electrons. The molecule has 2 N–H and O–H groups in total. The Labute approximate surface area is 125 Å². The first-order valence-electron chi connectivity index (χ1n) is 7.83. The fourth-order valence-corrected chi connectivity index (χ4v) is 3.98. The van der Waals surface area contributed by atoms with Gasteiger partial charge in [-0.05, 0) is 38.4 Å². The summed E-state index contributed by atoms with van der Waals surface area (Å²) in [5.41, 5.74) is 8.54. The molecule has 110 valence electrons. The van der Waals surface area contributed by atoms with Gasteiger partial charge in [-0.3, -0.25) is 9.88 Å². The van der Waals surface area contributed by atoms with E-state index in [1.807, 2.05) is 18.5 Å². The molecule has 2 bridgehead atoms. The van der Waals surface area contributed by atoms with E-state index in [0.29, 0.717) is 6.04 Å². The van der Waals surface area contributed by atoms with Crippen molar-refractivity contribution in [2.24, 2.45) is 0 Å². The predicted molar refractivity (Wildman–Crippen MR) is 87.6 cm³/mol. The number of aromatic nitrogens is 1. The van der Waals surface area contributed by atoms with Crippen LogP contribution in [-0.2, 0) is 0 Å². The van der Waals surface area contributed by atoms with Gasteiger partial charge in [0.1, 0.15) is 0 Å². The molecule has 4 nitrogen and oxygen atoms in total. The summed E-state index contributed by atoms with van der Waals surface area (Å²) >= 11 is 0. The van der Waals surface area contributed by atoms with Crippen LogP contribution in [0.3, 0.4) is 0 Å². The van der Waals surface area contributed by atoms with Crippen molar-refractivity contribution in [3.63, 3.8) is 0 Å². The molecule has 3 heterocycles. The van der Waals surface area contributed by atoms with E-state index in [9.17, 15) is 0 Å². The van der Waals surface area contributed by atoms with E-state index in [-0.39, 0.29) is 0 Å². The van der Waals surface area contributed by atoms with Gasteiger partial charge in [-0.1, -0.05) is 6.07 Å². The third-order valence-corrected chi connectivity index (χ3v) is 5.33. The van der Waals surface area contributed by atoms with Gasteiger partial charge >= 0.3 is 0 Å². The number of benzene rings is 1. The van der Waals surface area contributed by atoms with Gasteiger partial charge in [0.2, 0.25) is 0 Å². The lowest BCUT2D eigenvalue weighted by Crippen LogP contribution is -2.36. The lowest BCUT2D eigenvalue weighted by Gasteiger charge is -2.29. The molecule has 2 aromatic rings. The maximum Gasteiger partial charge on any atom is 0.0632 e. The highest BCUT2D eigenvalue weighted by Crippen LogP contribution is 2.35. The molecule has 0 saturated carbocycles. The summed E-state index contributed by atoms with van der Waals surface area (Å²) in [6.45, 7) is 2.19. The first kappa shape index (κ1) is 12.9. The number of fused-ring (bicyclic) bond motifs is 3. The SMILES string of the molecule is CN1C2CCC1CN(c1ccc3cnccc3c1N)CC2. The average molecular weight is 282 g/mol. The Balaban J connectivity index is 1.72. The van der Waals surface area contributed by atoms with Gasteiger partial charge in [0.05, 0.1) is 11.4 Å². The van der Waals surface area contributed by atoms with Crippen molar-refractivity contribution in [3.05, 3.63) is 30.6 Å². The Morgan fingerprint density at radius 2 is 2.00 bits per heavy atom. The van der Waals surface area contributed by atoms with Crippen LogP contribution in [0.5, 0.6) is 0 Å². The number of pyridine rings is 1. The number of hydrogen-bond acceptors (Lipinski definition) is 4. The summed E-state index contributed by atoms with van der Waals surface area (Å²) in [4.78, 5) is 9.23. The minimum Gasteiger partial charge on any atom is -0.397 e. The van der Waals surface area contributed by atoms with Crippen LogP contribution in [0.1, 0.15) is 19.3 Å². The normalized spacial score (nSPS) is 26.2. The second-order valence-electron chi connectivity index (χ2n) is 6.38. The Hall–Kier alpha value is -1.81. The third kappa shape index (κ3) is 2.05. The Morgan fingerprint density at radius 1 is 1.14 bits per heavy atom. The van der Waals surface area contributed by atoms with E-state index in [4.69, 9.17) is 5.73 Å². The molecule has 2 aliphatic heterocycles. The standard InChI is InChI=1S/C17H22N4/c1-20-13-3-4-14(20)11-21(9-7-13)16-5-2-12-10-19-8-6-15(12)17(16)18/h2,5-6,8,10,13-14H,3-4,7,9,11,18H2,1H3. The van der Waals surface area contributed by atoms with Crippen LogP contribution in [0.2, 0.25) is 0 Å². The van der Waals surface area contributed by atoms with Crippen LogP contribution in [0.15, 0.2) is 30.6 Å². The van der Waals surface area contributed by atoms with Crippen molar-refractivity contribution in [1.82, 2.24) is 9.88 Å². The van der Waals surface area contributed by atoms with Gasteiger partial charge < -0.3 is 10.6 Å². The third-order valence-electron chi connectivity index (χ3n) is 5.33. The highest BCUT2D eigenvalue weighted by molar-refractivity contribution is 5.98. The first-order valence-corrected chi connectivity index (χ1v) is 7.83. The van der Waals surface area contributed by atoms with Crippen LogP contribution in [0, 0.1) is 0 Å². The quantitative estimate of drug-likeness (QED) is 0.816. The van der Waals surface area contributed by atoms with Crippen molar-refractivity contribution in [2.45, 2.75) is 31.3 Å². The molecule has 21 heavy (non-hydrogen) atoms. The number of nitrogen functional groups attached to an aromatic ring is 1. The van der Waals surface area contributed by atoms with E-state index in [0.717, 1.165) is 35.6 Å². The van der Waals surface area contributed by atoms with Crippen LogP contribution >= 0.6 is 0 Å². The van der Waals surface area contributed by atoms with Gasteiger partial charge in [0.25, 0.3) is 0 Å². The van der Waals surface area contributed by atoms with Crippen molar-refractivity contribution in [3.8, 4) is 0 Å². The maximum atomic E-state index is 6.45. The second kappa shape index (κ2) is 4.88. The second-order valence-corrected chi connectivity index (χ2v) is 6.38. The van der Waals surface area contributed by atoms with Gasteiger partial charge in [0.15, 0.2) is 0 Å². The Morgan fingerprint density at radius 3 is 2.90 bits per heavy atom. The average Bonchev–Trinajstić information content (AvgIpc) is 2.74. The summed E-state index contributed by atoms with van der Waals surface area (Å²) in [7, 11) is 2.28. The van der Waals surface area contributed by atoms with Gasteiger partial charge in [-0.25, -0.2) is 0 Å². The molecular formula is C17H22N4. The molecule has 2 unspecified atom stereocenters. The van der Waals surface area contributed by atoms with Crippen molar-refractivity contribution >= 4 is 22.1 Å². The van der Waals surface area contributed by atoms with E-state index in [2.05, 4.69) is 34.0 Å². The monoisotopic (exact) mass is 282 g/mol. The van der Waals surface area contributed by atoms with E-state index < -0.39 is 0 Å². The largest absolute Gasteiger partial charge is 0.397 e. The molecule has 4 rings (SSSR count). The van der Waals surface area contributed by atoms with Crippen LogP contribution in [0.25, 0.3) is 10.8 Å². The van der Waals surface area contributed by atoms with Crippen molar-refractivity contribution < 1.29 is 0 Å². The minimum atomic E-state index is 0.671. The number of nitrogens with two attached hydrogens (primary N) is 1. The van der Waals surface area contributed by atoms with Crippen molar-refractivity contribution in [2.75, 3.05) is 30.8 Å². The smallest absolute Gasteiger partial charge is 0.0632 e. The molecule has 0 spiro atoms. The molecule has 1 aromatic carbocycles. The number of hydrogen-bond donors (Lipinski definition) is 1. The summed E-state index contributed by atoms with van der Waals surface area (Å²) in [6, 6.07) is 7.75. The summed E-state index contributed by atoms with van der Waals surface area (Å²) < 4.78 is 0. The Bertz CT molecular complexity index is 669. The van der Waals surface area contributed by atoms with Crippen LogP contribution in [0.4, 0.5) is 11.4 Å². The molecule has 0 aliphatic carbocycles. The fourth-order valence-electron chi connectivity index (χ4n) is 3.98. The van der Waals surface area contributed by atoms with Gasteiger partial charge in [-0.2, -0.15) is 0 Å². The zero-order chi connectivity index (χ0) is 14.4. The predicted octanol–water partition coefficient (Wildman–Crippen LogP) is 2.49. The highest BCUT2D eigenvalue weighted by atomic mass is 15.3. The molecule has 0 amide bonds. The molecule has 2 atom stereocenters. The molecule has 2 saturated heterocycles. The summed E-state index contributed by atoms with van der Waals surface area (Å²) in [5, 5.41) is 2.23. The summed E-state index contributed by atoms with van der Waals surface area (Å²) in [5.74, 6) is 0. The van der Waals surface area contributed by atoms with Gasteiger partial charge in [-0.15, -0.1) is 0 Å². The lowest BCUT2D eigenvalue weighted by atomic mass is 10.1. The summed E-state index contributed by atoms with van der Waals surface area (Å²) in [6.07, 6.45) is 7.61. The van der Waals surface area contributed by atoms with E-state index >= 15 is 0 Å². The van der Waals surface area contributed by atoms with E-state index in [1.165, 1.54) is 24.9 Å². The minimum absolute atomic E-state index is 0.671. The zero-order valence-corrected chi connectivity index (χ0v) is 12.5. The zero-order valence-electron chi connectivity index (χ0n) is 12.5. The number of anilines is 2. The molecule has 4 heteroatoms. The maximum absolute atomic E-state index is 6.45. The fraction of sp³-hybridized carbons (Fsp3) is 0.471. The van der Waals surface area contributed by atoms with Gasteiger partial charge in [0, 0.05) is 48.3 Å². The number of nitrogens with zero attached hydrogens (tertiary/aromatic N) is 3. The number of likely N-dealkylation sites (N-methyl/N-ethyl adjacent to an activating group) is 1. The van der Waals surface area contributed by atoms with E-state index in [1.54, 1.807) is 0 Å². The first-order chi connectivity index (χ1) is 10.2.